The van der Waals surface area contributed by atoms with Crippen molar-refractivity contribution in [2.24, 2.45) is 5.73 Å². The van der Waals surface area contributed by atoms with Crippen LogP contribution in [0.5, 0.6) is 0 Å². The van der Waals surface area contributed by atoms with Gasteiger partial charge in [-0.3, -0.25) is 4.79 Å². The summed E-state index contributed by atoms with van der Waals surface area (Å²) < 4.78 is 0. The Bertz CT molecular complexity index is 19.1. The van der Waals surface area contributed by atoms with E-state index in [-0.39, 0.29) is 37.4 Å². The zero-order valence-corrected chi connectivity index (χ0v) is 4.56. The van der Waals surface area contributed by atoms with Crippen molar-refractivity contribution in [2.45, 2.75) is 0 Å². The number of primary amides is 1. The van der Waals surface area contributed by atoms with Crippen molar-refractivity contribution in [1.82, 2.24) is 0 Å². The van der Waals surface area contributed by atoms with E-state index in [1.54, 1.807) is 0 Å². The van der Waals surface area contributed by atoms with Crippen LogP contribution in [0.1, 0.15) is 1.43 Å². The fraction of sp³-hybridized carbons (Fsp3) is 0. The van der Waals surface area contributed by atoms with Crippen LogP contribution >= 0.6 is 0 Å². The third kappa shape index (κ3) is 24.2. The van der Waals surface area contributed by atoms with Crippen molar-refractivity contribution >= 4 is 6.41 Å². The molecule has 0 bridgehead atoms. The predicted molar refractivity (Wildman–Crippen MR) is 11.4 cm³/mol. The van der Waals surface area contributed by atoms with Crippen molar-refractivity contribution in [3.05, 3.63) is 0 Å². The molecule has 0 aliphatic carbocycles. The zero-order valence-electron chi connectivity index (χ0n) is 3.56. The van der Waals surface area contributed by atoms with Crippen molar-refractivity contribution in [1.29, 1.82) is 0 Å². The van der Waals surface area contributed by atoms with Gasteiger partial charge >= 0.3 is 29.6 Å². The number of carbonyl (C=O) groups excluding carboxylic acids is 1. The number of amides is 1. The number of hydrogen-bond donors (Lipinski definition) is 1. The van der Waals surface area contributed by atoms with Crippen LogP contribution in [0.15, 0.2) is 0 Å². The van der Waals surface area contributed by atoms with E-state index in [4.69, 9.17) is 4.79 Å². The molecule has 0 aliphatic heterocycles. The Labute approximate surface area is 48.1 Å². The van der Waals surface area contributed by atoms with Crippen LogP contribution in [0.3, 0.4) is 0 Å². The minimum Gasteiger partial charge on any atom is -1.00 e. The van der Waals surface area contributed by atoms with Gasteiger partial charge < -0.3 is 7.16 Å². The van der Waals surface area contributed by atoms with E-state index in [0.29, 0.717) is 0 Å². The summed E-state index contributed by atoms with van der Waals surface area (Å²) in [6.45, 7) is 0. The zero-order chi connectivity index (χ0) is 2.71. The maximum Gasteiger partial charge on any atom is 1.00 e. The van der Waals surface area contributed by atoms with Gasteiger partial charge in [-0.15, -0.1) is 0 Å². The molecule has 0 rings (SSSR count). The molecule has 2 N–H and O–H groups in total. The second-order valence-corrected chi connectivity index (χ2v) is 0.136. The molecule has 0 unspecified atom stereocenters. The molecule has 0 heterocycles. The van der Waals surface area contributed by atoms with Gasteiger partial charge in [-0.2, -0.15) is 0 Å². The van der Waals surface area contributed by atoms with Gasteiger partial charge in [0.05, 0.1) is 0 Å². The summed E-state index contributed by atoms with van der Waals surface area (Å²) in [5.41, 5.74) is 4.17. The summed E-state index contributed by atoms with van der Waals surface area (Å²) >= 11 is 0. The van der Waals surface area contributed by atoms with E-state index in [9.17, 15) is 0 Å². The van der Waals surface area contributed by atoms with Crippen LogP contribution in [-0.4, -0.2) is 6.41 Å². The molecule has 0 spiro atoms. The SMILES string of the molecule is NC=O.[H-].[Na+]. The number of carbonyl (C=O) groups is 1. The minimum absolute atomic E-state index is 0. The predicted octanol–water partition coefficient (Wildman–Crippen LogP) is -3.78. The third-order valence-electron chi connectivity index (χ3n) is 0. The summed E-state index contributed by atoms with van der Waals surface area (Å²) in [5, 5.41) is 0. The first-order valence-electron chi connectivity index (χ1n) is 0.569. The standard InChI is InChI=1S/CH3NO.Na.H/c2-1-3;;/h1H,(H2,2,3);;/q;+1;-1. The Hall–Kier alpha value is 0.470. The van der Waals surface area contributed by atoms with Crippen molar-refractivity contribution < 1.29 is 35.8 Å². The van der Waals surface area contributed by atoms with Crippen LogP contribution in [0.2, 0.25) is 0 Å². The number of nitrogens with two attached hydrogens (primary N) is 1. The topological polar surface area (TPSA) is 43.1 Å². The summed E-state index contributed by atoms with van der Waals surface area (Å²) in [6.07, 6.45) is 0.250. The van der Waals surface area contributed by atoms with E-state index in [1.807, 2.05) is 0 Å². The molecule has 0 saturated heterocycles. The Kier molecular flexibility index (Phi) is 21.6. The average Bonchev–Trinajstić information content (AvgIpc) is 0.918. The quantitative estimate of drug-likeness (QED) is 0.230. The first kappa shape index (κ1) is 8.82. The molecule has 0 saturated carbocycles. The summed E-state index contributed by atoms with van der Waals surface area (Å²) in [6, 6.07) is 0. The molecule has 0 atom stereocenters. The third-order valence-corrected chi connectivity index (χ3v) is 0. The average molecular weight is 69.0 g/mol. The Balaban J connectivity index is -0.0000000200. The van der Waals surface area contributed by atoms with Gasteiger partial charge in [0.1, 0.15) is 0 Å². The first-order valence-corrected chi connectivity index (χ1v) is 0.569. The molecule has 0 aliphatic rings. The molecule has 0 aromatic rings. The molecule has 0 aromatic carbocycles. The van der Waals surface area contributed by atoms with Crippen molar-refractivity contribution in [3.63, 3.8) is 0 Å². The molecule has 3 heteroatoms. The molecule has 4 heavy (non-hydrogen) atoms. The van der Waals surface area contributed by atoms with E-state index in [2.05, 4.69) is 5.73 Å². The molecular weight excluding hydrogens is 65.0 g/mol. The van der Waals surface area contributed by atoms with Gasteiger partial charge in [-0.1, -0.05) is 0 Å². The normalized spacial score (nSPS) is 3.00. The number of hydrogen-bond acceptors (Lipinski definition) is 1. The molecule has 20 valence electrons. The van der Waals surface area contributed by atoms with Gasteiger partial charge in [-0.25, -0.2) is 0 Å². The summed E-state index contributed by atoms with van der Waals surface area (Å²) in [7, 11) is 0. The fourth-order valence-electron chi connectivity index (χ4n) is 0. The first-order chi connectivity index (χ1) is 1.41. The Morgan fingerprint density at radius 3 is 2.00 bits per heavy atom. The van der Waals surface area contributed by atoms with Gasteiger partial charge in [-0.05, 0) is 0 Å². The minimum atomic E-state index is 0. The van der Waals surface area contributed by atoms with E-state index in [1.165, 1.54) is 0 Å². The van der Waals surface area contributed by atoms with Crippen LogP contribution < -0.4 is 35.3 Å². The van der Waals surface area contributed by atoms with E-state index >= 15 is 0 Å². The maximum atomic E-state index is 8.58. The van der Waals surface area contributed by atoms with Crippen LogP contribution in [-0.2, 0) is 4.79 Å². The largest absolute Gasteiger partial charge is 1.00 e. The Morgan fingerprint density at radius 1 is 2.00 bits per heavy atom. The van der Waals surface area contributed by atoms with Crippen molar-refractivity contribution in [2.75, 3.05) is 0 Å². The molecule has 0 aromatic heterocycles. The smallest absolute Gasteiger partial charge is 1.00 e. The maximum absolute atomic E-state index is 8.58. The van der Waals surface area contributed by atoms with E-state index < -0.39 is 0 Å². The van der Waals surface area contributed by atoms with E-state index in [0.717, 1.165) is 0 Å². The van der Waals surface area contributed by atoms with Crippen LogP contribution in [0.4, 0.5) is 0 Å². The fourth-order valence-corrected chi connectivity index (χ4v) is 0. The second kappa shape index (κ2) is 9.80. The summed E-state index contributed by atoms with van der Waals surface area (Å²) in [5.74, 6) is 0. The van der Waals surface area contributed by atoms with Crippen LogP contribution in [0.25, 0.3) is 0 Å². The van der Waals surface area contributed by atoms with Gasteiger partial charge in [0.25, 0.3) is 0 Å². The van der Waals surface area contributed by atoms with Gasteiger partial charge in [0.2, 0.25) is 6.41 Å². The Morgan fingerprint density at radius 2 is 2.00 bits per heavy atom. The molecular formula is CH4NNaO. The van der Waals surface area contributed by atoms with Gasteiger partial charge in [0.15, 0.2) is 0 Å². The van der Waals surface area contributed by atoms with Gasteiger partial charge in [0, 0.05) is 0 Å². The monoisotopic (exact) mass is 69.0 g/mol. The molecule has 0 radical (unpaired) electrons. The number of rotatable bonds is 0. The molecule has 2 nitrogen and oxygen atoms in total. The second-order valence-electron chi connectivity index (χ2n) is 0.136. The molecule has 1 amide bonds. The van der Waals surface area contributed by atoms with Crippen molar-refractivity contribution in [3.8, 4) is 0 Å². The summed E-state index contributed by atoms with van der Waals surface area (Å²) in [4.78, 5) is 8.58. The molecule has 0 fully saturated rings. The van der Waals surface area contributed by atoms with Crippen LogP contribution in [0, 0.1) is 0 Å².